The van der Waals surface area contributed by atoms with Crippen molar-refractivity contribution >= 4 is 17.5 Å². The molecule has 0 spiro atoms. The Balaban J connectivity index is 2.41. The van der Waals surface area contributed by atoms with Crippen LogP contribution in [0.3, 0.4) is 0 Å². The molecule has 19 heavy (non-hydrogen) atoms. The number of amides is 1. The summed E-state index contributed by atoms with van der Waals surface area (Å²) in [6.45, 7) is 4.72. The summed E-state index contributed by atoms with van der Waals surface area (Å²) in [4.78, 5) is 13.5. The highest BCUT2D eigenvalue weighted by Crippen LogP contribution is 2.22. The molecular formula is C14H21ClN2O2. The molecule has 1 rings (SSSR count). The lowest BCUT2D eigenvalue weighted by Crippen LogP contribution is -2.46. The van der Waals surface area contributed by atoms with Crippen LogP contribution in [-0.4, -0.2) is 37.0 Å². The lowest BCUT2D eigenvalue weighted by atomic mass is 10.0. The van der Waals surface area contributed by atoms with Crippen molar-refractivity contribution in [3.63, 3.8) is 0 Å². The van der Waals surface area contributed by atoms with Crippen molar-refractivity contribution in [3.8, 4) is 5.75 Å². The van der Waals surface area contributed by atoms with E-state index in [4.69, 9.17) is 22.1 Å². The molecule has 0 aromatic heterocycles. The van der Waals surface area contributed by atoms with Gasteiger partial charge in [-0.1, -0.05) is 37.6 Å². The van der Waals surface area contributed by atoms with Crippen molar-refractivity contribution in [2.75, 3.05) is 20.2 Å². The molecule has 1 aromatic carbocycles. The highest BCUT2D eigenvalue weighted by atomic mass is 35.5. The summed E-state index contributed by atoms with van der Waals surface area (Å²) in [7, 11) is 1.72. The minimum Gasteiger partial charge on any atom is -0.490 e. The van der Waals surface area contributed by atoms with Gasteiger partial charge >= 0.3 is 0 Å². The van der Waals surface area contributed by atoms with Crippen molar-refractivity contribution < 1.29 is 9.53 Å². The van der Waals surface area contributed by atoms with Crippen LogP contribution in [0.4, 0.5) is 0 Å². The molecule has 2 N–H and O–H groups in total. The van der Waals surface area contributed by atoms with Crippen molar-refractivity contribution in [3.05, 3.63) is 29.3 Å². The molecule has 0 aliphatic heterocycles. The molecule has 0 saturated carbocycles. The molecule has 0 aliphatic carbocycles. The summed E-state index contributed by atoms with van der Waals surface area (Å²) in [5.74, 6) is 0.676. The lowest BCUT2D eigenvalue weighted by molar-refractivity contribution is -0.132. The normalized spacial score (nSPS) is 12.3. The highest BCUT2D eigenvalue weighted by Gasteiger charge is 2.20. The maximum atomic E-state index is 11.9. The Bertz CT molecular complexity index is 424. The quantitative estimate of drug-likeness (QED) is 0.871. The van der Waals surface area contributed by atoms with Crippen molar-refractivity contribution in [2.24, 2.45) is 11.7 Å². The summed E-state index contributed by atoms with van der Waals surface area (Å²) in [6.07, 6.45) is 0. The second-order valence-electron chi connectivity index (χ2n) is 4.81. The van der Waals surface area contributed by atoms with E-state index < -0.39 is 6.04 Å². The van der Waals surface area contributed by atoms with E-state index in [0.717, 1.165) is 0 Å². The van der Waals surface area contributed by atoms with Crippen LogP contribution >= 0.6 is 11.6 Å². The number of likely N-dealkylation sites (N-methyl/N-ethyl adjacent to an activating group) is 1. The number of benzene rings is 1. The fourth-order valence-corrected chi connectivity index (χ4v) is 1.69. The highest BCUT2D eigenvalue weighted by molar-refractivity contribution is 6.32. The van der Waals surface area contributed by atoms with Gasteiger partial charge in [-0.3, -0.25) is 4.79 Å². The minimum atomic E-state index is -0.467. The maximum Gasteiger partial charge on any atom is 0.239 e. The van der Waals surface area contributed by atoms with Gasteiger partial charge in [0.2, 0.25) is 5.91 Å². The Kier molecular flexibility index (Phi) is 6.12. The van der Waals surface area contributed by atoms with E-state index in [2.05, 4.69) is 0 Å². The zero-order valence-electron chi connectivity index (χ0n) is 11.6. The number of rotatable bonds is 6. The number of halogens is 1. The second kappa shape index (κ2) is 7.36. The molecular weight excluding hydrogens is 264 g/mol. The van der Waals surface area contributed by atoms with Gasteiger partial charge in [0.05, 0.1) is 17.6 Å². The van der Waals surface area contributed by atoms with Gasteiger partial charge in [-0.2, -0.15) is 0 Å². The third-order valence-electron chi connectivity index (χ3n) is 2.90. The van der Waals surface area contributed by atoms with Crippen LogP contribution in [0.15, 0.2) is 24.3 Å². The van der Waals surface area contributed by atoms with Crippen LogP contribution < -0.4 is 10.5 Å². The number of hydrogen-bond donors (Lipinski definition) is 1. The van der Waals surface area contributed by atoms with Crippen molar-refractivity contribution in [2.45, 2.75) is 19.9 Å². The molecule has 1 amide bonds. The van der Waals surface area contributed by atoms with Crippen LogP contribution in [0.2, 0.25) is 5.02 Å². The van der Waals surface area contributed by atoms with Gasteiger partial charge in [0.1, 0.15) is 12.4 Å². The van der Waals surface area contributed by atoms with E-state index in [1.807, 2.05) is 26.0 Å². The Morgan fingerprint density at radius 1 is 1.42 bits per heavy atom. The first-order valence-corrected chi connectivity index (χ1v) is 6.69. The van der Waals surface area contributed by atoms with Crippen LogP contribution in [-0.2, 0) is 4.79 Å². The predicted octanol–water partition coefficient (Wildman–Crippen LogP) is 2.16. The van der Waals surface area contributed by atoms with E-state index >= 15 is 0 Å². The SMILES string of the molecule is CC(C)C(N)C(=O)N(C)CCOc1ccccc1Cl. The second-order valence-corrected chi connectivity index (χ2v) is 5.22. The van der Waals surface area contributed by atoms with Gasteiger partial charge in [0.25, 0.3) is 0 Å². The first kappa shape index (κ1) is 15.8. The van der Waals surface area contributed by atoms with Gasteiger partial charge in [-0.25, -0.2) is 0 Å². The molecule has 0 fully saturated rings. The number of carbonyl (C=O) groups is 1. The molecule has 1 atom stereocenters. The van der Waals surface area contributed by atoms with Crippen LogP contribution in [0.5, 0.6) is 5.75 Å². The molecule has 4 nitrogen and oxygen atoms in total. The Morgan fingerprint density at radius 2 is 2.05 bits per heavy atom. The van der Waals surface area contributed by atoms with Gasteiger partial charge in [0.15, 0.2) is 0 Å². The summed E-state index contributed by atoms with van der Waals surface area (Å²) in [6, 6.07) is 6.78. The van der Waals surface area contributed by atoms with Crippen LogP contribution in [0, 0.1) is 5.92 Å². The fourth-order valence-electron chi connectivity index (χ4n) is 1.50. The van der Waals surface area contributed by atoms with Crippen LogP contribution in [0.25, 0.3) is 0 Å². The molecule has 0 radical (unpaired) electrons. The number of carbonyl (C=O) groups excluding carboxylic acids is 1. The molecule has 1 unspecified atom stereocenters. The maximum absolute atomic E-state index is 11.9. The van der Waals surface area contributed by atoms with Gasteiger partial charge in [-0.05, 0) is 18.1 Å². The van der Waals surface area contributed by atoms with E-state index in [-0.39, 0.29) is 11.8 Å². The molecule has 106 valence electrons. The predicted molar refractivity (Wildman–Crippen MR) is 77.4 cm³/mol. The van der Waals surface area contributed by atoms with Gasteiger partial charge < -0.3 is 15.4 Å². The first-order valence-electron chi connectivity index (χ1n) is 6.31. The number of hydrogen-bond acceptors (Lipinski definition) is 3. The topological polar surface area (TPSA) is 55.6 Å². The van der Waals surface area contributed by atoms with E-state index in [9.17, 15) is 4.79 Å². The number of para-hydroxylation sites is 1. The molecule has 5 heteroatoms. The third-order valence-corrected chi connectivity index (χ3v) is 3.21. The summed E-state index contributed by atoms with van der Waals surface area (Å²) < 4.78 is 5.53. The average molecular weight is 285 g/mol. The van der Waals surface area contributed by atoms with Gasteiger partial charge in [-0.15, -0.1) is 0 Å². The molecule has 0 saturated heterocycles. The summed E-state index contributed by atoms with van der Waals surface area (Å²) in [5, 5.41) is 0.565. The Hall–Kier alpha value is -1.26. The zero-order valence-corrected chi connectivity index (χ0v) is 12.4. The Labute approximate surface area is 119 Å². The molecule has 1 aromatic rings. The smallest absolute Gasteiger partial charge is 0.239 e. The standard InChI is InChI=1S/C14H21ClN2O2/c1-10(2)13(16)14(18)17(3)8-9-19-12-7-5-4-6-11(12)15/h4-7,10,13H,8-9,16H2,1-3H3. The zero-order chi connectivity index (χ0) is 14.4. The average Bonchev–Trinajstić information content (AvgIpc) is 2.38. The fraction of sp³-hybridized carbons (Fsp3) is 0.500. The molecule has 0 bridgehead atoms. The lowest BCUT2D eigenvalue weighted by Gasteiger charge is -2.23. The molecule has 0 heterocycles. The number of nitrogens with two attached hydrogens (primary N) is 1. The van der Waals surface area contributed by atoms with Crippen molar-refractivity contribution in [1.29, 1.82) is 0 Å². The Morgan fingerprint density at radius 3 is 2.63 bits per heavy atom. The van der Waals surface area contributed by atoms with Gasteiger partial charge in [0, 0.05) is 7.05 Å². The largest absolute Gasteiger partial charge is 0.490 e. The summed E-state index contributed by atoms with van der Waals surface area (Å²) >= 11 is 5.97. The first-order chi connectivity index (χ1) is 8.93. The monoisotopic (exact) mass is 284 g/mol. The number of nitrogens with zero attached hydrogens (tertiary/aromatic N) is 1. The third kappa shape index (κ3) is 4.73. The van der Waals surface area contributed by atoms with E-state index in [0.29, 0.717) is 23.9 Å². The van der Waals surface area contributed by atoms with Crippen LogP contribution in [0.1, 0.15) is 13.8 Å². The summed E-state index contributed by atoms with van der Waals surface area (Å²) in [5.41, 5.74) is 5.81. The number of ether oxygens (including phenoxy) is 1. The minimum absolute atomic E-state index is 0.0715. The van der Waals surface area contributed by atoms with E-state index in [1.165, 1.54) is 0 Å². The van der Waals surface area contributed by atoms with E-state index in [1.54, 1.807) is 24.1 Å². The molecule has 0 aliphatic rings. The van der Waals surface area contributed by atoms with Crippen molar-refractivity contribution in [1.82, 2.24) is 4.90 Å².